The van der Waals surface area contributed by atoms with Crippen molar-refractivity contribution in [3.8, 4) is 11.3 Å². The molecule has 0 aliphatic heterocycles. The molecule has 0 aromatic carbocycles. The summed E-state index contributed by atoms with van der Waals surface area (Å²) in [5, 5.41) is 5.38. The van der Waals surface area contributed by atoms with E-state index in [1.54, 1.807) is 18.7 Å². The lowest BCUT2D eigenvalue weighted by Crippen LogP contribution is -2.02. The number of furan rings is 1. The van der Waals surface area contributed by atoms with E-state index >= 15 is 0 Å². The summed E-state index contributed by atoms with van der Waals surface area (Å²) >= 11 is 0. The fourth-order valence-corrected chi connectivity index (χ4v) is 3.13. The quantitative estimate of drug-likeness (QED) is 0.507. The molecule has 6 nitrogen and oxygen atoms in total. The molecule has 0 unspecified atom stereocenters. The van der Waals surface area contributed by atoms with Gasteiger partial charge in [-0.25, -0.2) is 4.98 Å². The van der Waals surface area contributed by atoms with Gasteiger partial charge in [0.05, 0.1) is 12.0 Å². The van der Waals surface area contributed by atoms with Crippen LogP contribution in [0.4, 0.5) is 5.82 Å². The van der Waals surface area contributed by atoms with Crippen LogP contribution in [0.15, 0.2) is 71.9 Å². The number of anilines is 1. The van der Waals surface area contributed by atoms with E-state index in [0.29, 0.717) is 6.54 Å². The predicted octanol–water partition coefficient (Wildman–Crippen LogP) is 4.38. The smallest absolute Gasteiger partial charge is 0.140 e. The van der Waals surface area contributed by atoms with Gasteiger partial charge < -0.3 is 14.7 Å². The largest absolute Gasteiger partial charge is 0.464 e. The van der Waals surface area contributed by atoms with Crippen molar-refractivity contribution in [1.29, 1.82) is 0 Å². The fourth-order valence-electron chi connectivity index (χ4n) is 3.13. The van der Waals surface area contributed by atoms with Gasteiger partial charge in [0.2, 0.25) is 0 Å². The van der Waals surface area contributed by atoms with Gasteiger partial charge in [-0.2, -0.15) is 0 Å². The van der Waals surface area contributed by atoms with Crippen LogP contribution in [0.25, 0.3) is 33.3 Å². The molecule has 5 aromatic rings. The molecule has 2 N–H and O–H groups in total. The lowest BCUT2D eigenvalue weighted by atomic mass is 10.1. The SMILES string of the molecule is c1cncc(CNc2cc(-c3nccc4occc34)c3cc[nH]c3n2)c1. The van der Waals surface area contributed by atoms with E-state index in [4.69, 9.17) is 4.42 Å². The van der Waals surface area contributed by atoms with E-state index < -0.39 is 0 Å². The molecule has 0 radical (unpaired) electrons. The highest BCUT2D eigenvalue weighted by molar-refractivity contribution is 6.01. The number of hydrogen-bond donors (Lipinski definition) is 2. The van der Waals surface area contributed by atoms with E-state index in [-0.39, 0.29) is 0 Å². The van der Waals surface area contributed by atoms with Gasteiger partial charge in [-0.1, -0.05) is 6.07 Å². The maximum absolute atomic E-state index is 5.52. The number of nitrogens with one attached hydrogen (secondary N) is 2. The number of pyridine rings is 3. The Morgan fingerprint density at radius 1 is 1.08 bits per heavy atom. The number of rotatable bonds is 4. The molecule has 5 aromatic heterocycles. The Labute approximate surface area is 148 Å². The monoisotopic (exact) mass is 341 g/mol. The van der Waals surface area contributed by atoms with Crippen LogP contribution in [0, 0.1) is 0 Å². The normalized spacial score (nSPS) is 11.2. The first-order valence-electron chi connectivity index (χ1n) is 8.32. The third kappa shape index (κ3) is 2.48. The summed E-state index contributed by atoms with van der Waals surface area (Å²) in [4.78, 5) is 16.6. The third-order valence-electron chi connectivity index (χ3n) is 4.36. The van der Waals surface area contributed by atoms with Crippen molar-refractivity contribution in [2.75, 3.05) is 5.32 Å². The molecule has 0 aliphatic carbocycles. The summed E-state index contributed by atoms with van der Waals surface area (Å²) in [5.41, 5.74) is 4.63. The average molecular weight is 341 g/mol. The van der Waals surface area contributed by atoms with E-state index in [9.17, 15) is 0 Å². The lowest BCUT2D eigenvalue weighted by Gasteiger charge is -2.10. The molecule has 126 valence electrons. The van der Waals surface area contributed by atoms with Crippen molar-refractivity contribution in [3.63, 3.8) is 0 Å². The zero-order valence-corrected chi connectivity index (χ0v) is 13.8. The molecular weight excluding hydrogens is 326 g/mol. The van der Waals surface area contributed by atoms with Gasteiger partial charge in [0.25, 0.3) is 0 Å². The van der Waals surface area contributed by atoms with Gasteiger partial charge >= 0.3 is 0 Å². The second kappa shape index (κ2) is 6.00. The maximum Gasteiger partial charge on any atom is 0.140 e. The molecule has 0 bridgehead atoms. The summed E-state index contributed by atoms with van der Waals surface area (Å²) < 4.78 is 5.52. The number of aromatic amines is 1. The van der Waals surface area contributed by atoms with E-state index in [0.717, 1.165) is 44.6 Å². The Morgan fingerprint density at radius 3 is 3.00 bits per heavy atom. The molecule has 5 rings (SSSR count). The van der Waals surface area contributed by atoms with Crippen molar-refractivity contribution in [3.05, 3.63) is 73.0 Å². The molecule has 0 atom stereocenters. The summed E-state index contributed by atoms with van der Waals surface area (Å²) in [6.07, 6.45) is 8.95. The Kier molecular flexibility index (Phi) is 3.38. The first-order chi connectivity index (χ1) is 12.9. The van der Waals surface area contributed by atoms with Gasteiger partial charge in [-0.15, -0.1) is 0 Å². The fraction of sp³-hybridized carbons (Fsp3) is 0.0500. The molecule has 26 heavy (non-hydrogen) atoms. The highest BCUT2D eigenvalue weighted by atomic mass is 16.3. The van der Waals surface area contributed by atoms with E-state index in [2.05, 4.69) is 25.3 Å². The molecule has 0 saturated carbocycles. The zero-order chi connectivity index (χ0) is 17.3. The van der Waals surface area contributed by atoms with Crippen molar-refractivity contribution < 1.29 is 4.42 Å². The predicted molar refractivity (Wildman–Crippen MR) is 101 cm³/mol. The number of fused-ring (bicyclic) bond motifs is 2. The van der Waals surface area contributed by atoms with Gasteiger partial charge in [0, 0.05) is 47.7 Å². The van der Waals surface area contributed by atoms with Crippen LogP contribution < -0.4 is 5.32 Å². The Hall–Kier alpha value is -3.67. The summed E-state index contributed by atoms with van der Waals surface area (Å²) in [5.74, 6) is 0.779. The van der Waals surface area contributed by atoms with E-state index in [1.807, 2.05) is 48.8 Å². The second-order valence-electron chi connectivity index (χ2n) is 6.00. The van der Waals surface area contributed by atoms with Gasteiger partial charge in [0.1, 0.15) is 17.0 Å². The topological polar surface area (TPSA) is 79.6 Å². The summed E-state index contributed by atoms with van der Waals surface area (Å²) in [7, 11) is 0. The standard InChI is InChI=1S/C20H15N5O/c1-2-13(11-21-6-1)12-24-18-10-16(14-3-7-23-20(14)25-18)19-15-5-9-26-17(15)4-8-22-19/h1-11H,12H2,(H2,23,24,25). The summed E-state index contributed by atoms with van der Waals surface area (Å²) in [6, 6.07) is 11.8. The van der Waals surface area contributed by atoms with Crippen molar-refractivity contribution in [1.82, 2.24) is 19.9 Å². The Balaban J connectivity index is 1.61. The third-order valence-corrected chi connectivity index (χ3v) is 4.36. The van der Waals surface area contributed by atoms with Gasteiger partial charge in [-0.05, 0) is 35.9 Å². The Bertz CT molecular complexity index is 1190. The highest BCUT2D eigenvalue weighted by Crippen LogP contribution is 2.33. The molecular formula is C20H15N5O. The number of H-pyrrole nitrogens is 1. The first kappa shape index (κ1) is 14.7. The maximum atomic E-state index is 5.52. The van der Waals surface area contributed by atoms with Crippen LogP contribution >= 0.6 is 0 Å². The zero-order valence-electron chi connectivity index (χ0n) is 13.8. The number of nitrogens with zero attached hydrogens (tertiary/aromatic N) is 3. The molecule has 0 fully saturated rings. The molecule has 0 aliphatic rings. The van der Waals surface area contributed by atoms with Crippen LogP contribution in [0.2, 0.25) is 0 Å². The number of aromatic nitrogens is 4. The van der Waals surface area contributed by atoms with Crippen molar-refractivity contribution in [2.45, 2.75) is 6.54 Å². The minimum Gasteiger partial charge on any atom is -0.464 e. The number of hydrogen-bond acceptors (Lipinski definition) is 5. The van der Waals surface area contributed by atoms with E-state index in [1.165, 1.54) is 0 Å². The van der Waals surface area contributed by atoms with Crippen molar-refractivity contribution >= 4 is 27.8 Å². The second-order valence-corrected chi connectivity index (χ2v) is 6.00. The van der Waals surface area contributed by atoms with Crippen LogP contribution in [0.3, 0.4) is 0 Å². The van der Waals surface area contributed by atoms with Gasteiger partial charge in [-0.3, -0.25) is 9.97 Å². The average Bonchev–Trinajstić information content (AvgIpc) is 3.35. The van der Waals surface area contributed by atoms with Crippen LogP contribution in [-0.4, -0.2) is 19.9 Å². The van der Waals surface area contributed by atoms with Gasteiger partial charge in [0.15, 0.2) is 0 Å². The molecule has 5 heterocycles. The minimum atomic E-state index is 0.649. The van der Waals surface area contributed by atoms with Crippen LogP contribution in [0.1, 0.15) is 5.56 Å². The first-order valence-corrected chi connectivity index (χ1v) is 8.32. The highest BCUT2D eigenvalue weighted by Gasteiger charge is 2.14. The minimum absolute atomic E-state index is 0.649. The van der Waals surface area contributed by atoms with Crippen molar-refractivity contribution in [2.24, 2.45) is 0 Å². The molecule has 6 heteroatoms. The molecule has 0 saturated heterocycles. The molecule has 0 amide bonds. The lowest BCUT2D eigenvalue weighted by molar-refractivity contribution is 0.615. The van der Waals surface area contributed by atoms with Crippen LogP contribution in [-0.2, 0) is 6.54 Å². The van der Waals surface area contributed by atoms with Crippen LogP contribution in [0.5, 0.6) is 0 Å². The molecule has 0 spiro atoms. The summed E-state index contributed by atoms with van der Waals surface area (Å²) in [6.45, 7) is 0.649. The Morgan fingerprint density at radius 2 is 2.08 bits per heavy atom.